The zero-order chi connectivity index (χ0) is 11.7. The van der Waals surface area contributed by atoms with Gasteiger partial charge in [0, 0.05) is 18.0 Å². The molecule has 0 atom stereocenters. The van der Waals surface area contributed by atoms with Crippen molar-refractivity contribution in [3.05, 3.63) is 59.2 Å². The summed E-state index contributed by atoms with van der Waals surface area (Å²) in [5.41, 5.74) is 5.93. The molecule has 0 saturated carbocycles. The van der Waals surface area contributed by atoms with Crippen LogP contribution in [-0.4, -0.2) is 9.97 Å². The first-order valence-electron chi connectivity index (χ1n) is 5.36. The van der Waals surface area contributed by atoms with Crippen molar-refractivity contribution in [3.63, 3.8) is 0 Å². The third-order valence-corrected chi connectivity index (χ3v) is 2.76. The van der Waals surface area contributed by atoms with E-state index in [2.05, 4.69) is 49.5 Å². The molecular formula is C14H16N2. The minimum atomic E-state index is 0.843. The smallest absolute Gasteiger partial charge is 0.137 e. The molecule has 0 amide bonds. The van der Waals surface area contributed by atoms with Crippen LogP contribution in [-0.2, 0) is 0 Å². The summed E-state index contributed by atoms with van der Waals surface area (Å²) in [6, 6.07) is 4.35. The number of nitrogens with zero attached hydrogens (tertiary/aromatic N) is 1. The molecule has 2 aromatic rings. The zero-order valence-corrected chi connectivity index (χ0v) is 9.96. The number of aryl methyl sites for hydroxylation is 3. The molecule has 2 nitrogen and oxygen atoms in total. The summed E-state index contributed by atoms with van der Waals surface area (Å²) in [5.74, 6) is 0.843. The third-order valence-electron chi connectivity index (χ3n) is 2.76. The van der Waals surface area contributed by atoms with Gasteiger partial charge in [0.2, 0.25) is 0 Å². The van der Waals surface area contributed by atoms with Gasteiger partial charge in [-0.25, -0.2) is 4.98 Å². The van der Waals surface area contributed by atoms with Gasteiger partial charge in [0.1, 0.15) is 5.82 Å². The van der Waals surface area contributed by atoms with E-state index >= 15 is 0 Å². The van der Waals surface area contributed by atoms with E-state index in [0.717, 1.165) is 11.4 Å². The van der Waals surface area contributed by atoms with Gasteiger partial charge in [0.15, 0.2) is 0 Å². The van der Waals surface area contributed by atoms with Gasteiger partial charge in [0.05, 0.1) is 0 Å². The normalized spacial score (nSPS) is 10.4. The monoisotopic (exact) mass is 212 g/mol. The second kappa shape index (κ2) is 3.97. The maximum atomic E-state index is 4.24. The van der Waals surface area contributed by atoms with Crippen molar-refractivity contribution in [2.75, 3.05) is 0 Å². The van der Waals surface area contributed by atoms with E-state index in [1.54, 1.807) is 6.20 Å². The van der Waals surface area contributed by atoms with Gasteiger partial charge in [-0.2, -0.15) is 0 Å². The lowest BCUT2D eigenvalue weighted by Gasteiger charge is -2.12. The molecule has 1 heterocycles. The van der Waals surface area contributed by atoms with E-state index in [-0.39, 0.29) is 0 Å². The Kier molecular flexibility index (Phi) is 2.65. The molecule has 1 aromatic carbocycles. The molecule has 82 valence electrons. The van der Waals surface area contributed by atoms with Crippen LogP contribution in [0.3, 0.4) is 0 Å². The van der Waals surface area contributed by atoms with E-state index < -0.39 is 0 Å². The van der Waals surface area contributed by atoms with Crippen molar-refractivity contribution in [2.45, 2.75) is 20.8 Å². The highest BCUT2D eigenvalue weighted by atomic mass is 14.9. The van der Waals surface area contributed by atoms with E-state index in [1.165, 1.54) is 22.3 Å². The van der Waals surface area contributed by atoms with Crippen molar-refractivity contribution in [3.8, 4) is 0 Å². The molecular weight excluding hydrogens is 196 g/mol. The van der Waals surface area contributed by atoms with Crippen molar-refractivity contribution in [1.29, 1.82) is 0 Å². The standard InChI is InChI=1S/C14H16N2/c1-9-7-10(2)13(11(3)8-9)12(4)14-15-5-6-16-14/h5-8H,4H2,1-3H3,(H,15,16). The molecule has 0 aliphatic carbocycles. The highest BCUT2D eigenvalue weighted by Gasteiger charge is 2.10. The molecule has 1 aromatic heterocycles. The van der Waals surface area contributed by atoms with Crippen molar-refractivity contribution in [1.82, 2.24) is 9.97 Å². The summed E-state index contributed by atoms with van der Waals surface area (Å²) in [5, 5.41) is 0. The van der Waals surface area contributed by atoms with E-state index in [1.807, 2.05) is 6.20 Å². The molecule has 1 N–H and O–H groups in total. The Labute approximate surface area is 96.1 Å². The molecule has 2 heteroatoms. The number of hydrogen-bond acceptors (Lipinski definition) is 1. The van der Waals surface area contributed by atoms with E-state index in [9.17, 15) is 0 Å². The van der Waals surface area contributed by atoms with Gasteiger partial charge in [-0.05, 0) is 37.5 Å². The highest BCUT2D eigenvalue weighted by Crippen LogP contribution is 2.26. The molecule has 0 saturated heterocycles. The Hall–Kier alpha value is -1.83. The number of aromatic amines is 1. The quantitative estimate of drug-likeness (QED) is 0.812. The lowest BCUT2D eigenvalue weighted by molar-refractivity contribution is 1.21. The van der Waals surface area contributed by atoms with Crippen LogP contribution in [0.1, 0.15) is 28.1 Å². The lowest BCUT2D eigenvalue weighted by atomic mass is 9.94. The summed E-state index contributed by atoms with van der Waals surface area (Å²) in [4.78, 5) is 7.34. The van der Waals surface area contributed by atoms with E-state index in [0.29, 0.717) is 0 Å². The van der Waals surface area contributed by atoms with Crippen molar-refractivity contribution < 1.29 is 0 Å². The van der Waals surface area contributed by atoms with Crippen molar-refractivity contribution in [2.24, 2.45) is 0 Å². The number of imidazole rings is 1. The fourth-order valence-electron chi connectivity index (χ4n) is 2.20. The SMILES string of the molecule is C=C(c1ncc[nH]1)c1c(C)cc(C)cc1C. The largest absolute Gasteiger partial charge is 0.345 e. The van der Waals surface area contributed by atoms with Crippen LogP contribution in [0.2, 0.25) is 0 Å². The second-order valence-corrected chi connectivity index (χ2v) is 4.19. The number of nitrogens with one attached hydrogen (secondary N) is 1. The number of H-pyrrole nitrogens is 1. The molecule has 0 unspecified atom stereocenters. The summed E-state index contributed by atoms with van der Waals surface area (Å²) < 4.78 is 0. The number of benzene rings is 1. The Bertz CT molecular complexity index is 499. The second-order valence-electron chi connectivity index (χ2n) is 4.19. The van der Waals surface area contributed by atoms with Gasteiger partial charge in [0.25, 0.3) is 0 Å². The van der Waals surface area contributed by atoms with Crippen LogP contribution < -0.4 is 0 Å². The third kappa shape index (κ3) is 1.78. The summed E-state index contributed by atoms with van der Waals surface area (Å²) in [7, 11) is 0. The fraction of sp³-hybridized carbons (Fsp3) is 0.214. The summed E-state index contributed by atoms with van der Waals surface area (Å²) >= 11 is 0. The zero-order valence-electron chi connectivity index (χ0n) is 9.96. The molecule has 0 aliphatic heterocycles. The topological polar surface area (TPSA) is 28.7 Å². The van der Waals surface area contributed by atoms with Crippen molar-refractivity contribution >= 4 is 5.57 Å². The molecule has 0 fully saturated rings. The molecule has 0 aliphatic rings. The maximum Gasteiger partial charge on any atom is 0.137 e. The van der Waals surface area contributed by atoms with Crippen LogP contribution in [0.25, 0.3) is 5.57 Å². The van der Waals surface area contributed by atoms with Gasteiger partial charge in [-0.3, -0.25) is 0 Å². The van der Waals surface area contributed by atoms with Crippen LogP contribution in [0.5, 0.6) is 0 Å². The molecule has 2 rings (SSSR count). The fourth-order valence-corrected chi connectivity index (χ4v) is 2.20. The van der Waals surface area contributed by atoms with Crippen LogP contribution >= 0.6 is 0 Å². The Morgan fingerprint density at radius 1 is 1.19 bits per heavy atom. The number of hydrogen-bond donors (Lipinski definition) is 1. The first kappa shape index (κ1) is 10.7. The van der Waals surface area contributed by atoms with Gasteiger partial charge >= 0.3 is 0 Å². The number of rotatable bonds is 2. The summed E-state index contributed by atoms with van der Waals surface area (Å²) in [6.07, 6.45) is 3.57. The minimum Gasteiger partial charge on any atom is -0.345 e. The first-order valence-corrected chi connectivity index (χ1v) is 5.36. The minimum absolute atomic E-state index is 0.843. The van der Waals surface area contributed by atoms with Crippen LogP contribution in [0, 0.1) is 20.8 Å². The average Bonchev–Trinajstić information content (AvgIpc) is 2.67. The van der Waals surface area contributed by atoms with Crippen LogP contribution in [0.15, 0.2) is 31.1 Å². The highest BCUT2D eigenvalue weighted by molar-refractivity contribution is 5.78. The van der Waals surface area contributed by atoms with Crippen LogP contribution in [0.4, 0.5) is 0 Å². The Balaban J connectivity index is 2.53. The lowest BCUT2D eigenvalue weighted by Crippen LogP contribution is -1.96. The predicted molar refractivity (Wildman–Crippen MR) is 67.4 cm³/mol. The van der Waals surface area contributed by atoms with E-state index in [4.69, 9.17) is 0 Å². The maximum absolute atomic E-state index is 4.24. The van der Waals surface area contributed by atoms with Gasteiger partial charge in [-0.15, -0.1) is 0 Å². The van der Waals surface area contributed by atoms with Gasteiger partial charge < -0.3 is 4.98 Å². The molecule has 16 heavy (non-hydrogen) atoms. The summed E-state index contributed by atoms with van der Waals surface area (Å²) in [6.45, 7) is 10.5. The average molecular weight is 212 g/mol. The first-order chi connectivity index (χ1) is 7.59. The molecule has 0 spiro atoms. The Morgan fingerprint density at radius 2 is 1.81 bits per heavy atom. The number of aromatic nitrogens is 2. The predicted octanol–water partition coefficient (Wildman–Crippen LogP) is 3.40. The Morgan fingerprint density at radius 3 is 2.31 bits per heavy atom. The molecule has 0 radical (unpaired) electrons. The van der Waals surface area contributed by atoms with Gasteiger partial charge in [-0.1, -0.05) is 24.3 Å². The molecule has 0 bridgehead atoms.